The van der Waals surface area contributed by atoms with Crippen LogP contribution in [0.5, 0.6) is 0 Å². The summed E-state index contributed by atoms with van der Waals surface area (Å²) in [4.78, 5) is 11.7. The fourth-order valence-electron chi connectivity index (χ4n) is 1.98. The fraction of sp³-hybridized carbons (Fsp3) is 0.188. The standard InChI is InChI=1S/C16H16F2N2O3/c17-13-5-2-6-14(18)15(13)10-3-1-4-11(7-10)20-16(23)19-8-12(22)9-21/h1-7,12,21-22H,8-9H2,(H2,19,20,23)/t12-/m0/s1. The molecule has 0 aromatic heterocycles. The molecule has 0 spiro atoms. The molecule has 2 aromatic carbocycles. The van der Waals surface area contributed by atoms with Crippen LogP contribution in [-0.2, 0) is 0 Å². The first-order valence-electron chi connectivity index (χ1n) is 6.89. The lowest BCUT2D eigenvalue weighted by molar-refractivity contribution is 0.0965. The van der Waals surface area contributed by atoms with Gasteiger partial charge in [-0.05, 0) is 29.8 Å². The van der Waals surface area contributed by atoms with Crippen molar-refractivity contribution in [3.05, 3.63) is 54.1 Å². The number of benzene rings is 2. The minimum absolute atomic E-state index is 0.121. The summed E-state index contributed by atoms with van der Waals surface area (Å²) in [7, 11) is 0. The van der Waals surface area contributed by atoms with Crippen LogP contribution in [0.2, 0.25) is 0 Å². The lowest BCUT2D eigenvalue weighted by atomic mass is 10.0. The van der Waals surface area contributed by atoms with Gasteiger partial charge < -0.3 is 20.8 Å². The Morgan fingerprint density at radius 2 is 1.78 bits per heavy atom. The van der Waals surface area contributed by atoms with E-state index in [-0.39, 0.29) is 17.7 Å². The molecule has 0 unspecified atom stereocenters. The molecule has 0 heterocycles. The molecule has 122 valence electrons. The van der Waals surface area contributed by atoms with E-state index >= 15 is 0 Å². The van der Waals surface area contributed by atoms with E-state index in [4.69, 9.17) is 10.2 Å². The number of aliphatic hydroxyl groups excluding tert-OH is 2. The summed E-state index contributed by atoms with van der Waals surface area (Å²) in [6, 6.07) is 9.05. The molecule has 7 heteroatoms. The van der Waals surface area contributed by atoms with Gasteiger partial charge in [0.15, 0.2) is 0 Å². The van der Waals surface area contributed by atoms with Crippen molar-refractivity contribution in [1.29, 1.82) is 0 Å². The summed E-state index contributed by atoms with van der Waals surface area (Å²) in [6.45, 7) is -0.591. The Kier molecular flexibility index (Phi) is 5.61. The first-order chi connectivity index (χ1) is 11.0. The van der Waals surface area contributed by atoms with E-state index in [1.54, 1.807) is 12.1 Å². The second-order valence-electron chi connectivity index (χ2n) is 4.85. The molecule has 0 aliphatic rings. The van der Waals surface area contributed by atoms with Crippen LogP contribution in [-0.4, -0.2) is 35.5 Å². The molecular weight excluding hydrogens is 306 g/mol. The van der Waals surface area contributed by atoms with E-state index in [1.165, 1.54) is 18.2 Å². The smallest absolute Gasteiger partial charge is 0.319 e. The van der Waals surface area contributed by atoms with E-state index in [2.05, 4.69) is 10.6 Å². The van der Waals surface area contributed by atoms with Crippen molar-refractivity contribution < 1.29 is 23.8 Å². The highest BCUT2D eigenvalue weighted by molar-refractivity contribution is 5.90. The number of urea groups is 1. The van der Waals surface area contributed by atoms with Gasteiger partial charge in [-0.1, -0.05) is 18.2 Å². The minimum atomic E-state index is -1.06. The number of amides is 2. The first-order valence-corrected chi connectivity index (χ1v) is 6.89. The molecule has 4 N–H and O–H groups in total. The van der Waals surface area contributed by atoms with Gasteiger partial charge in [0.2, 0.25) is 0 Å². The lowest BCUT2D eigenvalue weighted by Crippen LogP contribution is -2.36. The van der Waals surface area contributed by atoms with Crippen molar-refractivity contribution in [3.8, 4) is 11.1 Å². The number of hydrogen-bond donors (Lipinski definition) is 4. The zero-order valence-corrected chi connectivity index (χ0v) is 12.1. The second kappa shape index (κ2) is 7.66. The SMILES string of the molecule is O=C(NC[C@H](O)CO)Nc1cccc(-c2c(F)cccc2F)c1. The molecule has 2 rings (SSSR count). The molecule has 1 atom stereocenters. The van der Waals surface area contributed by atoms with E-state index in [0.717, 1.165) is 12.1 Å². The maximum atomic E-state index is 13.8. The maximum absolute atomic E-state index is 13.8. The summed E-state index contributed by atoms with van der Waals surface area (Å²) < 4.78 is 27.6. The normalized spacial score (nSPS) is 11.8. The van der Waals surface area contributed by atoms with Crippen LogP contribution in [0.3, 0.4) is 0 Å². The predicted molar refractivity (Wildman–Crippen MR) is 81.9 cm³/mol. The summed E-state index contributed by atoms with van der Waals surface area (Å²) in [5.41, 5.74) is 0.446. The molecule has 0 aliphatic carbocycles. The highest BCUT2D eigenvalue weighted by atomic mass is 19.1. The predicted octanol–water partition coefficient (Wildman–Crippen LogP) is 2.11. The minimum Gasteiger partial charge on any atom is -0.394 e. The molecule has 0 bridgehead atoms. The van der Waals surface area contributed by atoms with Gasteiger partial charge in [0.25, 0.3) is 0 Å². The third-order valence-electron chi connectivity index (χ3n) is 3.08. The average Bonchev–Trinajstić information content (AvgIpc) is 2.53. The van der Waals surface area contributed by atoms with E-state index in [0.29, 0.717) is 5.69 Å². The molecule has 0 fully saturated rings. The largest absolute Gasteiger partial charge is 0.394 e. The van der Waals surface area contributed by atoms with Gasteiger partial charge in [0.05, 0.1) is 18.3 Å². The molecule has 2 aromatic rings. The topological polar surface area (TPSA) is 81.6 Å². The molecular formula is C16H16F2N2O3. The van der Waals surface area contributed by atoms with Gasteiger partial charge in [-0.3, -0.25) is 0 Å². The van der Waals surface area contributed by atoms with Crippen molar-refractivity contribution in [3.63, 3.8) is 0 Å². The van der Waals surface area contributed by atoms with Crippen molar-refractivity contribution in [2.45, 2.75) is 6.10 Å². The Balaban J connectivity index is 2.13. The number of nitrogens with one attached hydrogen (secondary N) is 2. The number of rotatable bonds is 5. The summed E-state index contributed by atoms with van der Waals surface area (Å²) in [5.74, 6) is -1.39. The van der Waals surface area contributed by atoms with Gasteiger partial charge in [-0.2, -0.15) is 0 Å². The van der Waals surface area contributed by atoms with Gasteiger partial charge >= 0.3 is 6.03 Å². The Morgan fingerprint density at radius 1 is 1.13 bits per heavy atom. The Labute approximate surface area is 131 Å². The molecule has 0 aliphatic heterocycles. The Bertz CT molecular complexity index is 675. The molecule has 2 amide bonds. The number of halogens is 2. The fourth-order valence-corrected chi connectivity index (χ4v) is 1.98. The van der Waals surface area contributed by atoms with E-state index < -0.39 is 30.4 Å². The molecule has 23 heavy (non-hydrogen) atoms. The van der Waals surface area contributed by atoms with Crippen LogP contribution in [0.15, 0.2) is 42.5 Å². The van der Waals surface area contributed by atoms with Crippen molar-refractivity contribution in [1.82, 2.24) is 5.32 Å². The van der Waals surface area contributed by atoms with Gasteiger partial charge in [0.1, 0.15) is 11.6 Å². The quantitative estimate of drug-likeness (QED) is 0.680. The summed E-state index contributed by atoms with van der Waals surface area (Å²) >= 11 is 0. The van der Waals surface area contributed by atoms with Crippen molar-refractivity contribution in [2.75, 3.05) is 18.5 Å². The summed E-state index contributed by atoms with van der Waals surface area (Å²) in [5, 5.41) is 22.6. The maximum Gasteiger partial charge on any atom is 0.319 e. The highest BCUT2D eigenvalue weighted by Gasteiger charge is 2.12. The lowest BCUT2D eigenvalue weighted by Gasteiger charge is -2.11. The third kappa shape index (κ3) is 4.48. The molecule has 0 saturated heterocycles. The molecule has 0 radical (unpaired) electrons. The number of carbonyl (C=O) groups excluding carboxylic acids is 1. The van der Waals surface area contributed by atoms with Crippen LogP contribution in [0.25, 0.3) is 11.1 Å². The van der Waals surface area contributed by atoms with Crippen molar-refractivity contribution >= 4 is 11.7 Å². The Morgan fingerprint density at radius 3 is 2.43 bits per heavy atom. The van der Waals surface area contributed by atoms with E-state index in [1.807, 2.05) is 0 Å². The number of anilines is 1. The zero-order valence-electron chi connectivity index (χ0n) is 12.1. The zero-order chi connectivity index (χ0) is 16.8. The molecule has 0 saturated carbocycles. The third-order valence-corrected chi connectivity index (χ3v) is 3.08. The van der Waals surface area contributed by atoms with Crippen molar-refractivity contribution in [2.24, 2.45) is 0 Å². The van der Waals surface area contributed by atoms with Crippen LogP contribution in [0.1, 0.15) is 0 Å². The van der Waals surface area contributed by atoms with Crippen LogP contribution in [0, 0.1) is 11.6 Å². The van der Waals surface area contributed by atoms with Crippen LogP contribution in [0.4, 0.5) is 19.3 Å². The van der Waals surface area contributed by atoms with Gasteiger partial charge in [-0.25, -0.2) is 13.6 Å². The first kappa shape index (κ1) is 16.9. The van der Waals surface area contributed by atoms with Crippen LogP contribution >= 0.6 is 0 Å². The van der Waals surface area contributed by atoms with Gasteiger partial charge in [-0.15, -0.1) is 0 Å². The highest BCUT2D eigenvalue weighted by Crippen LogP contribution is 2.27. The summed E-state index contributed by atoms with van der Waals surface area (Å²) in [6.07, 6.45) is -1.06. The van der Waals surface area contributed by atoms with Gasteiger partial charge in [0, 0.05) is 12.2 Å². The monoisotopic (exact) mass is 322 g/mol. The second-order valence-corrected chi connectivity index (χ2v) is 4.85. The average molecular weight is 322 g/mol. The van der Waals surface area contributed by atoms with Crippen LogP contribution < -0.4 is 10.6 Å². The Hall–Kier alpha value is -2.51. The number of aliphatic hydroxyl groups is 2. The number of carbonyl (C=O) groups is 1. The molecule has 5 nitrogen and oxygen atoms in total. The number of hydrogen-bond acceptors (Lipinski definition) is 3. The van der Waals surface area contributed by atoms with E-state index in [9.17, 15) is 13.6 Å².